The Morgan fingerprint density at radius 3 is 2.16 bits per heavy atom. The Bertz CT molecular complexity index is 691. The lowest BCUT2D eigenvalue weighted by Crippen LogP contribution is -2.41. The van der Waals surface area contributed by atoms with Crippen LogP contribution in [0.25, 0.3) is 0 Å². The van der Waals surface area contributed by atoms with Crippen LogP contribution in [0.3, 0.4) is 0 Å². The summed E-state index contributed by atoms with van der Waals surface area (Å²) >= 11 is 7.20. The van der Waals surface area contributed by atoms with Gasteiger partial charge in [-0.25, -0.2) is 4.79 Å². The van der Waals surface area contributed by atoms with E-state index < -0.39 is 11.7 Å². The first kappa shape index (κ1) is 20.0. The molecule has 0 heterocycles. The van der Waals surface area contributed by atoms with E-state index in [0.29, 0.717) is 6.42 Å². The fourth-order valence-electron chi connectivity index (χ4n) is 2.52. The molecule has 0 bridgehead atoms. The van der Waals surface area contributed by atoms with Gasteiger partial charge in [0.25, 0.3) is 0 Å². The zero-order valence-corrected chi connectivity index (χ0v) is 17.9. The molecule has 2 aromatic carbocycles. The molecule has 2 aromatic rings. The monoisotopic (exact) mass is 467 g/mol. The number of carbonyl (C=O) groups excluding carboxylic acids is 1. The number of benzene rings is 2. The maximum atomic E-state index is 12.3. The summed E-state index contributed by atoms with van der Waals surface area (Å²) < 4.78 is 7.47. The van der Waals surface area contributed by atoms with Crippen molar-refractivity contribution in [1.29, 1.82) is 0 Å². The van der Waals surface area contributed by atoms with E-state index in [2.05, 4.69) is 49.3 Å². The van der Waals surface area contributed by atoms with Crippen molar-refractivity contribution in [3.05, 3.63) is 68.6 Å². The molecule has 1 N–H and O–H groups in total. The fraction of sp³-hybridized carbons (Fsp3) is 0.350. The highest BCUT2D eigenvalue weighted by molar-refractivity contribution is 9.11. The summed E-state index contributed by atoms with van der Waals surface area (Å²) in [6.07, 6.45) is 1.03. The van der Waals surface area contributed by atoms with Crippen LogP contribution in [0.4, 0.5) is 4.79 Å². The van der Waals surface area contributed by atoms with Crippen molar-refractivity contribution in [3.63, 3.8) is 0 Å². The number of hydrogen-bond acceptors (Lipinski definition) is 2. The maximum absolute atomic E-state index is 12.3. The number of nitrogens with one attached hydrogen (secondary N) is 1. The summed E-state index contributed by atoms with van der Waals surface area (Å²) in [4.78, 5) is 12.3. The zero-order chi connectivity index (χ0) is 18.4. The fourth-order valence-corrected chi connectivity index (χ4v) is 3.84. The molecule has 0 saturated heterocycles. The number of rotatable bonds is 5. The lowest BCUT2D eigenvalue weighted by molar-refractivity contribution is 0.0504. The van der Waals surface area contributed by atoms with Gasteiger partial charge in [-0.05, 0) is 56.9 Å². The third kappa shape index (κ3) is 6.83. The molecule has 134 valence electrons. The smallest absolute Gasteiger partial charge is 0.407 e. The van der Waals surface area contributed by atoms with Gasteiger partial charge in [-0.1, -0.05) is 68.3 Å². The molecule has 25 heavy (non-hydrogen) atoms. The van der Waals surface area contributed by atoms with E-state index in [1.807, 2.05) is 57.2 Å². The van der Waals surface area contributed by atoms with Crippen molar-refractivity contribution in [1.82, 2.24) is 5.32 Å². The van der Waals surface area contributed by atoms with Crippen LogP contribution in [0.1, 0.15) is 31.9 Å². The third-order valence-electron chi connectivity index (χ3n) is 3.56. The number of amides is 1. The first-order valence-corrected chi connectivity index (χ1v) is 9.79. The Labute approximate surface area is 166 Å². The SMILES string of the molecule is CC(C)(C)OC(=O)N[C@@H](Cc1ccccc1)Cc1c(Br)cccc1Br. The van der Waals surface area contributed by atoms with E-state index >= 15 is 0 Å². The van der Waals surface area contributed by atoms with Gasteiger partial charge in [0, 0.05) is 15.0 Å². The Morgan fingerprint density at radius 2 is 1.60 bits per heavy atom. The van der Waals surface area contributed by atoms with Gasteiger partial charge < -0.3 is 10.1 Å². The van der Waals surface area contributed by atoms with Crippen LogP contribution in [0.5, 0.6) is 0 Å². The average molecular weight is 469 g/mol. The molecule has 0 saturated carbocycles. The van der Waals surface area contributed by atoms with Crippen LogP contribution >= 0.6 is 31.9 Å². The molecule has 3 nitrogen and oxygen atoms in total. The molecule has 1 amide bonds. The highest BCUT2D eigenvalue weighted by atomic mass is 79.9. The van der Waals surface area contributed by atoms with Gasteiger partial charge in [0.05, 0.1) is 0 Å². The molecule has 0 aliphatic carbocycles. The summed E-state index contributed by atoms with van der Waals surface area (Å²) in [5, 5.41) is 3.02. The van der Waals surface area contributed by atoms with Gasteiger partial charge >= 0.3 is 6.09 Å². The van der Waals surface area contributed by atoms with E-state index in [1.165, 1.54) is 5.56 Å². The molecule has 0 radical (unpaired) electrons. The van der Waals surface area contributed by atoms with Gasteiger partial charge in [-0.3, -0.25) is 0 Å². The van der Waals surface area contributed by atoms with E-state index in [4.69, 9.17) is 4.74 Å². The molecule has 0 fully saturated rings. The lowest BCUT2D eigenvalue weighted by atomic mass is 9.99. The van der Waals surface area contributed by atoms with Crippen molar-refractivity contribution < 1.29 is 9.53 Å². The molecule has 0 spiro atoms. The Morgan fingerprint density at radius 1 is 1.00 bits per heavy atom. The topological polar surface area (TPSA) is 38.3 Å². The van der Waals surface area contributed by atoms with Gasteiger partial charge in [0.1, 0.15) is 5.60 Å². The zero-order valence-electron chi connectivity index (χ0n) is 14.7. The summed E-state index contributed by atoms with van der Waals surface area (Å²) in [5.74, 6) is 0. The molecule has 0 aliphatic rings. The van der Waals surface area contributed by atoms with E-state index in [9.17, 15) is 4.79 Å². The lowest BCUT2D eigenvalue weighted by Gasteiger charge is -2.24. The second-order valence-electron chi connectivity index (χ2n) is 6.94. The number of halogens is 2. The minimum Gasteiger partial charge on any atom is -0.444 e. The van der Waals surface area contributed by atoms with Crippen molar-refractivity contribution >= 4 is 38.0 Å². The minimum absolute atomic E-state index is 0.0766. The number of carbonyl (C=O) groups is 1. The Balaban J connectivity index is 2.18. The Kier molecular flexibility index (Phi) is 7.08. The molecule has 0 aromatic heterocycles. The summed E-state index contributed by atoms with van der Waals surface area (Å²) in [7, 11) is 0. The van der Waals surface area contributed by atoms with Gasteiger partial charge in [-0.2, -0.15) is 0 Å². The van der Waals surface area contributed by atoms with Crippen LogP contribution in [0, 0.1) is 0 Å². The van der Waals surface area contributed by atoms with Gasteiger partial charge in [-0.15, -0.1) is 0 Å². The second-order valence-corrected chi connectivity index (χ2v) is 8.65. The predicted octanol–water partition coefficient (Wildman–Crippen LogP) is 5.89. The summed E-state index contributed by atoms with van der Waals surface area (Å²) in [6.45, 7) is 5.59. The number of hydrogen-bond donors (Lipinski definition) is 1. The Hall–Kier alpha value is -1.33. The molecular weight excluding hydrogens is 446 g/mol. The average Bonchev–Trinajstić information content (AvgIpc) is 2.50. The van der Waals surface area contributed by atoms with E-state index in [-0.39, 0.29) is 6.04 Å². The van der Waals surface area contributed by atoms with Gasteiger partial charge in [0.2, 0.25) is 0 Å². The first-order valence-electron chi connectivity index (χ1n) is 8.21. The maximum Gasteiger partial charge on any atom is 0.407 e. The summed E-state index contributed by atoms with van der Waals surface area (Å²) in [5.41, 5.74) is 1.78. The highest BCUT2D eigenvalue weighted by Gasteiger charge is 2.21. The molecule has 2 rings (SSSR count). The third-order valence-corrected chi connectivity index (χ3v) is 5.04. The second kappa shape index (κ2) is 8.86. The summed E-state index contributed by atoms with van der Waals surface area (Å²) in [6, 6.07) is 16.1. The van der Waals surface area contributed by atoms with Crippen molar-refractivity contribution in [2.45, 2.75) is 45.3 Å². The van der Waals surface area contributed by atoms with Crippen LogP contribution in [0.15, 0.2) is 57.5 Å². The van der Waals surface area contributed by atoms with Crippen molar-refractivity contribution in [2.75, 3.05) is 0 Å². The number of alkyl carbamates (subject to hydrolysis) is 1. The number of ether oxygens (including phenoxy) is 1. The quantitative estimate of drug-likeness (QED) is 0.593. The van der Waals surface area contributed by atoms with Crippen LogP contribution in [-0.2, 0) is 17.6 Å². The molecule has 1 atom stereocenters. The van der Waals surface area contributed by atoms with E-state index in [1.54, 1.807) is 0 Å². The first-order chi connectivity index (χ1) is 11.7. The molecule has 0 unspecified atom stereocenters. The minimum atomic E-state index is -0.519. The van der Waals surface area contributed by atoms with Crippen LogP contribution < -0.4 is 5.32 Å². The predicted molar refractivity (Wildman–Crippen MR) is 109 cm³/mol. The largest absolute Gasteiger partial charge is 0.444 e. The van der Waals surface area contributed by atoms with Gasteiger partial charge in [0.15, 0.2) is 0 Å². The highest BCUT2D eigenvalue weighted by Crippen LogP contribution is 2.27. The van der Waals surface area contributed by atoms with Crippen LogP contribution in [-0.4, -0.2) is 17.7 Å². The van der Waals surface area contributed by atoms with E-state index in [0.717, 1.165) is 20.9 Å². The van der Waals surface area contributed by atoms with Crippen LogP contribution in [0.2, 0.25) is 0 Å². The molecule has 0 aliphatic heterocycles. The standard InChI is InChI=1S/C20H23Br2NO2/c1-20(2,3)25-19(24)23-15(12-14-8-5-4-6-9-14)13-16-17(21)10-7-11-18(16)22/h4-11,15H,12-13H2,1-3H3,(H,23,24)/t15-/m0/s1. The van der Waals surface area contributed by atoms with Crippen molar-refractivity contribution in [2.24, 2.45) is 0 Å². The molecular formula is C20H23Br2NO2. The van der Waals surface area contributed by atoms with Crippen molar-refractivity contribution in [3.8, 4) is 0 Å². The molecule has 5 heteroatoms. The normalized spacial score (nSPS) is 12.5.